The number of amides is 1. The van der Waals surface area contributed by atoms with Crippen LogP contribution < -0.4 is 10.2 Å². The molecule has 0 radical (unpaired) electrons. The van der Waals surface area contributed by atoms with Gasteiger partial charge in [0.25, 0.3) is 0 Å². The van der Waals surface area contributed by atoms with Gasteiger partial charge in [0, 0.05) is 12.1 Å². The molecule has 2 N–H and O–H groups in total. The van der Waals surface area contributed by atoms with Crippen LogP contribution in [0, 0.1) is 6.92 Å². The number of aliphatic hydroxyl groups excluding tert-OH is 1. The molecular formula is C17H18F2N4O2. The highest BCUT2D eigenvalue weighted by Gasteiger charge is 2.35. The first kappa shape index (κ1) is 17.2. The molecule has 0 aromatic heterocycles. The number of hydrogen-bond donors (Lipinski definition) is 2. The lowest BCUT2D eigenvalue weighted by molar-refractivity contribution is -0.108. The number of benzene rings is 1. The van der Waals surface area contributed by atoms with Crippen LogP contribution in [0.4, 0.5) is 14.5 Å². The fraction of sp³-hybridized carbons (Fsp3) is 0.353. The number of nitrogens with zero attached hydrogens (tertiary/aromatic N) is 3. The largest absolute Gasteiger partial charge is 0.392 e. The average molecular weight is 348 g/mol. The summed E-state index contributed by atoms with van der Waals surface area (Å²) in [5.74, 6) is -0.552. The van der Waals surface area contributed by atoms with Gasteiger partial charge in [-0.3, -0.25) is 10.1 Å². The molecule has 0 aliphatic carbocycles. The number of guanidine groups is 1. The van der Waals surface area contributed by atoms with E-state index in [0.717, 1.165) is 5.56 Å². The molecule has 0 bridgehead atoms. The number of nitrogens with one attached hydrogen (secondary N) is 1. The first-order valence-electron chi connectivity index (χ1n) is 7.85. The van der Waals surface area contributed by atoms with Gasteiger partial charge in [-0.05, 0) is 35.8 Å². The Kier molecular flexibility index (Phi) is 4.89. The maximum atomic E-state index is 13.7. The molecule has 8 heteroatoms. The second-order valence-corrected chi connectivity index (χ2v) is 5.90. The number of carbonyl (C=O) groups is 1. The summed E-state index contributed by atoms with van der Waals surface area (Å²) >= 11 is 0. The predicted molar refractivity (Wildman–Crippen MR) is 91.0 cm³/mol. The molecule has 2 heterocycles. The van der Waals surface area contributed by atoms with E-state index >= 15 is 0 Å². The van der Waals surface area contributed by atoms with E-state index in [0.29, 0.717) is 29.2 Å². The Bertz CT molecular complexity index is 776. The number of aliphatic imine (C=N–C) groups is 2. The second-order valence-electron chi connectivity index (χ2n) is 5.90. The number of carbonyl (C=O) groups excluding carboxylic acids is 1. The molecular weight excluding hydrogens is 330 g/mol. The fourth-order valence-electron chi connectivity index (χ4n) is 3.08. The van der Waals surface area contributed by atoms with E-state index in [9.17, 15) is 18.7 Å². The molecule has 0 saturated carbocycles. The molecule has 1 amide bonds. The van der Waals surface area contributed by atoms with Crippen molar-refractivity contribution in [3.63, 3.8) is 0 Å². The quantitative estimate of drug-likeness (QED) is 0.643. The molecule has 3 rings (SSSR count). The van der Waals surface area contributed by atoms with E-state index in [-0.39, 0.29) is 19.6 Å². The van der Waals surface area contributed by atoms with Gasteiger partial charge in [-0.25, -0.2) is 14.4 Å². The molecule has 132 valence electrons. The van der Waals surface area contributed by atoms with Crippen LogP contribution in [0.3, 0.4) is 0 Å². The van der Waals surface area contributed by atoms with Crippen molar-refractivity contribution in [1.29, 1.82) is 0 Å². The smallest absolute Gasteiger partial charge is 0.213 e. The van der Waals surface area contributed by atoms with Crippen molar-refractivity contribution >= 4 is 24.0 Å². The molecule has 2 aliphatic heterocycles. The SMILES string of the molecule is Cc1ccc(CO)cc1N1C(NC=O)=NCC1C1=CC(F)=NC(F)C1. The predicted octanol–water partition coefficient (Wildman–Crippen LogP) is 1.77. The molecule has 25 heavy (non-hydrogen) atoms. The molecule has 0 spiro atoms. The Hall–Kier alpha value is -2.61. The monoisotopic (exact) mass is 348 g/mol. The van der Waals surface area contributed by atoms with Gasteiger partial charge in [0.1, 0.15) is 0 Å². The normalized spacial score (nSPS) is 23.0. The van der Waals surface area contributed by atoms with Crippen LogP contribution in [0.5, 0.6) is 0 Å². The van der Waals surface area contributed by atoms with Crippen molar-refractivity contribution in [2.45, 2.75) is 32.3 Å². The van der Waals surface area contributed by atoms with Crippen LogP contribution in [0.2, 0.25) is 0 Å². The average Bonchev–Trinajstić information content (AvgIpc) is 2.98. The molecule has 2 aliphatic rings. The lowest BCUT2D eigenvalue weighted by atomic mass is 9.98. The van der Waals surface area contributed by atoms with Crippen LogP contribution in [0.1, 0.15) is 17.5 Å². The Labute approximate surface area is 143 Å². The summed E-state index contributed by atoms with van der Waals surface area (Å²) in [5.41, 5.74) is 2.79. The van der Waals surface area contributed by atoms with E-state index in [2.05, 4.69) is 15.3 Å². The molecule has 0 fully saturated rings. The minimum absolute atomic E-state index is 0.0305. The molecule has 0 saturated heterocycles. The van der Waals surface area contributed by atoms with Gasteiger partial charge < -0.3 is 10.0 Å². The van der Waals surface area contributed by atoms with Gasteiger partial charge in [0.15, 0.2) is 6.30 Å². The molecule has 1 aromatic rings. The highest BCUT2D eigenvalue weighted by Crippen LogP contribution is 2.32. The van der Waals surface area contributed by atoms with Gasteiger partial charge in [-0.15, -0.1) is 0 Å². The van der Waals surface area contributed by atoms with E-state index in [1.165, 1.54) is 6.08 Å². The van der Waals surface area contributed by atoms with E-state index in [4.69, 9.17) is 0 Å². The van der Waals surface area contributed by atoms with Crippen LogP contribution >= 0.6 is 0 Å². The highest BCUT2D eigenvalue weighted by atomic mass is 19.1. The Morgan fingerprint density at radius 3 is 2.96 bits per heavy atom. The first-order chi connectivity index (χ1) is 12.0. The van der Waals surface area contributed by atoms with Crippen molar-refractivity contribution in [2.24, 2.45) is 9.98 Å². The summed E-state index contributed by atoms with van der Waals surface area (Å²) < 4.78 is 27.3. The number of halogens is 2. The number of allylic oxidation sites excluding steroid dienone is 1. The summed E-state index contributed by atoms with van der Waals surface area (Å²) in [6.45, 7) is 1.99. The lowest BCUT2D eigenvalue weighted by Crippen LogP contribution is -2.45. The fourth-order valence-corrected chi connectivity index (χ4v) is 3.08. The number of aliphatic hydroxyl groups is 1. The zero-order valence-corrected chi connectivity index (χ0v) is 13.6. The topological polar surface area (TPSA) is 77.3 Å². The van der Waals surface area contributed by atoms with Crippen molar-refractivity contribution < 1.29 is 18.7 Å². The minimum atomic E-state index is -1.63. The first-order valence-corrected chi connectivity index (χ1v) is 7.85. The van der Waals surface area contributed by atoms with Crippen molar-refractivity contribution in [1.82, 2.24) is 5.32 Å². The summed E-state index contributed by atoms with van der Waals surface area (Å²) in [4.78, 5) is 20.2. The number of alkyl halides is 1. The lowest BCUT2D eigenvalue weighted by Gasteiger charge is -2.31. The molecule has 1 aromatic carbocycles. The van der Waals surface area contributed by atoms with Crippen LogP contribution in [0.25, 0.3) is 0 Å². The maximum absolute atomic E-state index is 13.7. The Morgan fingerprint density at radius 2 is 2.28 bits per heavy atom. The van der Waals surface area contributed by atoms with Gasteiger partial charge in [-0.2, -0.15) is 4.39 Å². The number of aryl methyl sites for hydroxylation is 1. The molecule has 2 atom stereocenters. The molecule has 2 unspecified atom stereocenters. The Balaban J connectivity index is 2.03. The van der Waals surface area contributed by atoms with Crippen molar-refractivity contribution in [2.75, 3.05) is 11.4 Å². The summed E-state index contributed by atoms with van der Waals surface area (Å²) in [7, 11) is 0. The number of hydrogen-bond acceptors (Lipinski definition) is 5. The zero-order valence-electron chi connectivity index (χ0n) is 13.6. The summed E-state index contributed by atoms with van der Waals surface area (Å²) in [6, 6.07) is 4.97. The zero-order chi connectivity index (χ0) is 18.0. The van der Waals surface area contributed by atoms with Gasteiger partial charge in [-0.1, -0.05) is 12.1 Å². The minimum Gasteiger partial charge on any atom is -0.392 e. The number of anilines is 1. The van der Waals surface area contributed by atoms with E-state index < -0.39 is 18.3 Å². The van der Waals surface area contributed by atoms with Crippen molar-refractivity contribution in [3.8, 4) is 0 Å². The van der Waals surface area contributed by atoms with Crippen molar-refractivity contribution in [3.05, 3.63) is 41.0 Å². The van der Waals surface area contributed by atoms with Crippen LogP contribution in [0.15, 0.2) is 39.8 Å². The number of rotatable bonds is 4. The van der Waals surface area contributed by atoms with Crippen LogP contribution in [-0.2, 0) is 11.4 Å². The number of dihydropyridines is 1. The summed E-state index contributed by atoms with van der Waals surface area (Å²) in [6.07, 6.45) is 0.0688. The molecule has 6 nitrogen and oxygen atoms in total. The van der Waals surface area contributed by atoms with Gasteiger partial charge >= 0.3 is 0 Å². The van der Waals surface area contributed by atoms with Gasteiger partial charge in [0.05, 0.1) is 19.2 Å². The Morgan fingerprint density at radius 1 is 1.48 bits per heavy atom. The maximum Gasteiger partial charge on any atom is 0.213 e. The van der Waals surface area contributed by atoms with Crippen LogP contribution in [-0.4, -0.2) is 42.3 Å². The summed E-state index contributed by atoms with van der Waals surface area (Å²) in [5, 5.41) is 11.9. The third kappa shape index (κ3) is 3.43. The third-order valence-electron chi connectivity index (χ3n) is 4.26. The van der Waals surface area contributed by atoms with Gasteiger partial charge in [0.2, 0.25) is 18.3 Å². The van der Waals surface area contributed by atoms with E-state index in [1.807, 2.05) is 13.0 Å². The second kappa shape index (κ2) is 7.10. The highest BCUT2D eigenvalue weighted by molar-refractivity contribution is 6.04. The standard InChI is InChI=1S/C17H18F2N4O2/c1-10-2-3-11(8-24)4-13(10)23-14(7-20-17(23)21-9-25)12-5-15(18)22-16(19)6-12/h2-5,9,14,16,24H,6-8H2,1H3,(H,20,21,25). The van der Waals surface area contributed by atoms with E-state index in [1.54, 1.807) is 17.0 Å². The third-order valence-corrected chi connectivity index (χ3v) is 4.26.